The summed E-state index contributed by atoms with van der Waals surface area (Å²) >= 11 is 0. The molecule has 3 aromatic carbocycles. The van der Waals surface area contributed by atoms with Gasteiger partial charge in [-0.15, -0.1) is 0 Å². The highest BCUT2D eigenvalue weighted by Crippen LogP contribution is 2.23. The first-order valence-corrected chi connectivity index (χ1v) is 8.71. The van der Waals surface area contributed by atoms with Crippen molar-refractivity contribution in [3.63, 3.8) is 0 Å². The van der Waals surface area contributed by atoms with Crippen molar-refractivity contribution in [2.24, 2.45) is 0 Å². The Morgan fingerprint density at radius 1 is 0.500 bits per heavy atom. The van der Waals surface area contributed by atoms with Crippen LogP contribution in [0.3, 0.4) is 0 Å². The lowest BCUT2D eigenvalue weighted by atomic mass is 10.1. The summed E-state index contributed by atoms with van der Waals surface area (Å²) in [5, 5.41) is 27.6. The van der Waals surface area contributed by atoms with Crippen molar-refractivity contribution in [1.29, 1.82) is 0 Å². The Hall–Kier alpha value is -4.46. The van der Waals surface area contributed by atoms with Crippen molar-refractivity contribution in [2.45, 2.75) is 0 Å². The highest BCUT2D eigenvalue weighted by Gasteiger charge is 2.16. The predicted molar refractivity (Wildman–Crippen MR) is 104 cm³/mol. The summed E-state index contributed by atoms with van der Waals surface area (Å²) in [6.45, 7) is 0. The third-order valence-corrected chi connectivity index (χ3v) is 4.21. The van der Waals surface area contributed by atoms with Gasteiger partial charge in [-0.25, -0.2) is 0 Å². The monoisotopic (exact) mass is 402 g/mol. The Labute approximate surface area is 170 Å². The van der Waals surface area contributed by atoms with Crippen molar-refractivity contribution in [1.82, 2.24) is 0 Å². The minimum absolute atomic E-state index is 0.110. The molecule has 3 rings (SSSR count). The minimum Gasteiger partial charge on any atom is -0.545 e. The standard InChI is InChI=1S/C22H16N2O6/c25-19(13-7-1-3-9-15(13)21(27)28)23-17-11-5-6-12-18(17)24-20(26)14-8-2-4-10-16(14)22(29)30/h1-12H,(H,23,25)(H,24,26)(H,27,28)(H,29,30)/p-2. The van der Waals surface area contributed by atoms with E-state index in [1.807, 2.05) is 0 Å². The summed E-state index contributed by atoms with van der Waals surface area (Å²) in [5.41, 5.74) is -0.398. The first kappa shape index (κ1) is 20.3. The summed E-state index contributed by atoms with van der Waals surface area (Å²) < 4.78 is 0. The molecule has 2 amide bonds. The fourth-order valence-corrected chi connectivity index (χ4v) is 2.80. The summed E-state index contributed by atoms with van der Waals surface area (Å²) in [6.07, 6.45) is 0. The first-order valence-electron chi connectivity index (χ1n) is 8.71. The molecule has 30 heavy (non-hydrogen) atoms. The number of anilines is 2. The third-order valence-electron chi connectivity index (χ3n) is 4.21. The number of carboxylic acid groups (broad SMARTS) is 2. The Bertz CT molecular complexity index is 1070. The van der Waals surface area contributed by atoms with E-state index in [0.717, 1.165) is 0 Å². The molecule has 2 N–H and O–H groups in total. The maximum atomic E-state index is 12.6. The lowest BCUT2D eigenvalue weighted by molar-refractivity contribution is -0.256. The first-order chi connectivity index (χ1) is 14.4. The van der Waals surface area contributed by atoms with Gasteiger partial charge in [-0.1, -0.05) is 48.5 Å². The van der Waals surface area contributed by atoms with E-state index in [1.54, 1.807) is 12.1 Å². The third kappa shape index (κ3) is 4.33. The van der Waals surface area contributed by atoms with Crippen LogP contribution in [0.15, 0.2) is 72.8 Å². The maximum absolute atomic E-state index is 12.6. The van der Waals surface area contributed by atoms with E-state index >= 15 is 0 Å². The number of carbonyl (C=O) groups is 4. The van der Waals surface area contributed by atoms with Gasteiger partial charge in [-0.05, 0) is 24.3 Å². The molecule has 150 valence electrons. The van der Waals surface area contributed by atoms with Crippen molar-refractivity contribution in [2.75, 3.05) is 10.6 Å². The van der Waals surface area contributed by atoms with Crippen molar-refractivity contribution >= 4 is 35.1 Å². The molecule has 8 nitrogen and oxygen atoms in total. The van der Waals surface area contributed by atoms with E-state index in [4.69, 9.17) is 0 Å². The van der Waals surface area contributed by atoms with Gasteiger partial charge >= 0.3 is 0 Å². The SMILES string of the molecule is O=C([O-])c1ccccc1C(=O)Nc1ccccc1NC(=O)c1ccccc1C(=O)[O-]. The van der Waals surface area contributed by atoms with Gasteiger partial charge in [-0.2, -0.15) is 0 Å². The van der Waals surface area contributed by atoms with Crippen molar-refractivity contribution in [3.8, 4) is 0 Å². The quantitative estimate of drug-likeness (QED) is 0.629. The molecule has 0 unspecified atom stereocenters. The van der Waals surface area contributed by atoms with Crippen LogP contribution in [0, 0.1) is 0 Å². The fraction of sp³-hybridized carbons (Fsp3) is 0. The molecular weight excluding hydrogens is 388 g/mol. The number of para-hydroxylation sites is 2. The van der Waals surface area contributed by atoms with Crippen molar-refractivity contribution < 1.29 is 29.4 Å². The van der Waals surface area contributed by atoms with Crippen LogP contribution < -0.4 is 20.8 Å². The Balaban J connectivity index is 1.87. The average molecular weight is 402 g/mol. The molecule has 3 aromatic rings. The number of amides is 2. The van der Waals surface area contributed by atoms with Gasteiger partial charge in [0.1, 0.15) is 0 Å². The van der Waals surface area contributed by atoms with Crippen LogP contribution >= 0.6 is 0 Å². The van der Waals surface area contributed by atoms with Crippen LogP contribution in [0.5, 0.6) is 0 Å². The second kappa shape index (κ2) is 8.70. The molecule has 0 aliphatic carbocycles. The van der Waals surface area contributed by atoms with Gasteiger partial charge in [-0.3, -0.25) is 9.59 Å². The molecule has 0 spiro atoms. The lowest BCUT2D eigenvalue weighted by Crippen LogP contribution is -2.27. The number of nitrogens with one attached hydrogen (secondary N) is 2. The Kier molecular flexibility index (Phi) is 5.88. The normalized spacial score (nSPS) is 10.1. The van der Waals surface area contributed by atoms with E-state index in [1.165, 1.54) is 60.7 Å². The summed E-state index contributed by atoms with van der Waals surface area (Å²) in [5.74, 6) is -4.43. The van der Waals surface area contributed by atoms with Gasteiger partial charge in [0.05, 0.1) is 23.3 Å². The molecule has 0 atom stereocenters. The summed E-state index contributed by atoms with van der Waals surface area (Å²) in [7, 11) is 0. The van der Waals surface area contributed by atoms with Crippen molar-refractivity contribution in [3.05, 3.63) is 95.1 Å². The number of rotatable bonds is 6. The Morgan fingerprint density at radius 3 is 1.13 bits per heavy atom. The van der Waals surface area contributed by atoms with E-state index in [-0.39, 0.29) is 33.6 Å². The topological polar surface area (TPSA) is 138 Å². The van der Waals surface area contributed by atoms with Crippen LogP contribution in [-0.4, -0.2) is 23.8 Å². The number of carboxylic acids is 2. The van der Waals surface area contributed by atoms with Crippen LogP contribution in [-0.2, 0) is 0 Å². The molecular formula is C22H14N2O6-2. The molecule has 0 saturated heterocycles. The van der Waals surface area contributed by atoms with E-state index in [9.17, 15) is 29.4 Å². The van der Waals surface area contributed by atoms with Crippen LogP contribution in [0.2, 0.25) is 0 Å². The molecule has 0 bridgehead atoms. The molecule has 0 heterocycles. The zero-order valence-electron chi connectivity index (χ0n) is 15.4. The molecule has 0 aromatic heterocycles. The molecule has 8 heteroatoms. The van der Waals surface area contributed by atoms with Gasteiger partial charge in [0, 0.05) is 22.3 Å². The van der Waals surface area contributed by atoms with Crippen LogP contribution in [0.4, 0.5) is 11.4 Å². The molecule has 0 saturated carbocycles. The van der Waals surface area contributed by atoms with Crippen LogP contribution in [0.25, 0.3) is 0 Å². The minimum atomic E-state index is -1.50. The number of hydrogen-bond donors (Lipinski definition) is 2. The highest BCUT2D eigenvalue weighted by atomic mass is 16.4. The second-order valence-corrected chi connectivity index (χ2v) is 6.12. The number of benzene rings is 3. The summed E-state index contributed by atoms with van der Waals surface area (Å²) in [6, 6.07) is 17.3. The number of carbonyl (C=O) groups excluding carboxylic acids is 4. The number of hydrogen-bond acceptors (Lipinski definition) is 6. The van der Waals surface area contributed by atoms with Gasteiger partial charge in [0.15, 0.2) is 0 Å². The van der Waals surface area contributed by atoms with E-state index < -0.39 is 23.8 Å². The maximum Gasteiger partial charge on any atom is 0.256 e. The van der Waals surface area contributed by atoms with Gasteiger partial charge in [0.25, 0.3) is 11.8 Å². The molecule has 0 aliphatic heterocycles. The number of aromatic carboxylic acids is 2. The Morgan fingerprint density at radius 2 is 0.800 bits per heavy atom. The van der Waals surface area contributed by atoms with E-state index in [2.05, 4.69) is 10.6 Å². The van der Waals surface area contributed by atoms with Gasteiger partial charge < -0.3 is 30.4 Å². The summed E-state index contributed by atoms with van der Waals surface area (Å²) in [4.78, 5) is 47.6. The molecule has 0 fully saturated rings. The molecule has 0 aliphatic rings. The van der Waals surface area contributed by atoms with Crippen LogP contribution in [0.1, 0.15) is 41.4 Å². The average Bonchev–Trinajstić information content (AvgIpc) is 2.75. The largest absolute Gasteiger partial charge is 0.545 e. The van der Waals surface area contributed by atoms with Gasteiger partial charge in [0.2, 0.25) is 0 Å². The zero-order valence-corrected chi connectivity index (χ0v) is 15.4. The fourth-order valence-electron chi connectivity index (χ4n) is 2.80. The smallest absolute Gasteiger partial charge is 0.256 e. The predicted octanol–water partition coefficient (Wildman–Crippen LogP) is 0.918. The second-order valence-electron chi connectivity index (χ2n) is 6.12. The lowest BCUT2D eigenvalue weighted by Gasteiger charge is -2.15. The highest BCUT2D eigenvalue weighted by molar-refractivity contribution is 6.14. The molecule has 0 radical (unpaired) electrons. The van der Waals surface area contributed by atoms with E-state index in [0.29, 0.717) is 0 Å². The zero-order chi connectivity index (χ0) is 21.7.